The van der Waals surface area contributed by atoms with Crippen LogP contribution < -0.4 is 0 Å². The smallest absolute Gasteiger partial charge is 0.329 e. The first-order valence-electron chi connectivity index (χ1n) is 9.79. The first kappa shape index (κ1) is 17.3. The highest BCUT2D eigenvalue weighted by molar-refractivity contribution is 6.09. The third kappa shape index (κ3) is 2.40. The van der Waals surface area contributed by atoms with Gasteiger partial charge in [-0.15, -0.1) is 0 Å². The third-order valence-corrected chi connectivity index (χ3v) is 6.87. The van der Waals surface area contributed by atoms with Crippen molar-refractivity contribution in [3.05, 3.63) is 48.0 Å². The van der Waals surface area contributed by atoms with E-state index in [4.69, 9.17) is 4.74 Å². The van der Waals surface area contributed by atoms with Gasteiger partial charge in [-0.25, -0.2) is 4.79 Å². The standard InChI is InChI=1S/C22H21NO5/c1-11(22(27)28-10-17(24)12-5-3-2-4-6-12)23-20(25)18-13-7-8-14(16-9-15(13)16)19(18)21(23)26/h2-8,11,13-16,18-19H,9-10H2,1H3/t11-,13+,14+,15+,16+,18-,19-/m1/s1. The number of hydrogen-bond donors (Lipinski definition) is 0. The maximum Gasteiger partial charge on any atom is 0.329 e. The minimum absolute atomic E-state index is 0.115. The molecule has 6 rings (SSSR count). The number of hydrogen-bond acceptors (Lipinski definition) is 5. The number of amides is 2. The minimum Gasteiger partial charge on any atom is -0.456 e. The summed E-state index contributed by atoms with van der Waals surface area (Å²) >= 11 is 0. The van der Waals surface area contributed by atoms with E-state index < -0.39 is 18.6 Å². The van der Waals surface area contributed by atoms with E-state index in [-0.39, 0.29) is 41.3 Å². The number of carbonyl (C=O) groups excluding carboxylic acids is 4. The molecule has 5 aliphatic rings. The molecule has 144 valence electrons. The molecular weight excluding hydrogens is 358 g/mol. The van der Waals surface area contributed by atoms with Crippen LogP contribution in [0.2, 0.25) is 0 Å². The highest BCUT2D eigenvalue weighted by Crippen LogP contribution is 2.65. The molecule has 2 bridgehead atoms. The van der Waals surface area contributed by atoms with Crippen LogP contribution in [0.4, 0.5) is 0 Å². The Kier molecular flexibility index (Phi) is 3.79. The Morgan fingerprint density at radius 2 is 1.61 bits per heavy atom. The van der Waals surface area contributed by atoms with Crippen LogP contribution in [0.5, 0.6) is 0 Å². The number of likely N-dealkylation sites (tertiary alicyclic amines) is 1. The largest absolute Gasteiger partial charge is 0.456 e. The number of rotatable bonds is 5. The molecule has 3 fully saturated rings. The maximum absolute atomic E-state index is 13.0. The van der Waals surface area contributed by atoms with Gasteiger partial charge in [-0.2, -0.15) is 0 Å². The molecule has 1 aromatic rings. The van der Waals surface area contributed by atoms with Gasteiger partial charge in [-0.05, 0) is 37.0 Å². The van der Waals surface area contributed by atoms with E-state index in [0.717, 1.165) is 11.3 Å². The van der Waals surface area contributed by atoms with Gasteiger partial charge in [0, 0.05) is 5.56 Å². The molecule has 6 heteroatoms. The molecule has 2 saturated carbocycles. The Bertz CT molecular complexity index is 871. The topological polar surface area (TPSA) is 80.8 Å². The Hall–Kier alpha value is -2.76. The molecule has 1 heterocycles. The first-order chi connectivity index (χ1) is 13.5. The normalized spacial score (nSPS) is 35.4. The summed E-state index contributed by atoms with van der Waals surface area (Å²) in [6.45, 7) is 1.09. The molecule has 0 aromatic heterocycles. The second kappa shape index (κ2) is 6.12. The van der Waals surface area contributed by atoms with Crippen molar-refractivity contribution >= 4 is 23.6 Å². The van der Waals surface area contributed by atoms with Gasteiger partial charge in [-0.1, -0.05) is 42.5 Å². The number of Topliss-reactive ketones (excluding diaryl/α,β-unsaturated/α-hetero) is 1. The van der Waals surface area contributed by atoms with Gasteiger partial charge in [0.25, 0.3) is 0 Å². The van der Waals surface area contributed by atoms with Gasteiger partial charge in [0.1, 0.15) is 6.04 Å². The number of ketones is 1. The monoisotopic (exact) mass is 379 g/mol. The van der Waals surface area contributed by atoms with Gasteiger partial charge < -0.3 is 4.74 Å². The van der Waals surface area contributed by atoms with Crippen LogP contribution in [0.3, 0.4) is 0 Å². The first-order valence-corrected chi connectivity index (χ1v) is 9.79. The van der Waals surface area contributed by atoms with Crippen molar-refractivity contribution in [2.45, 2.75) is 19.4 Å². The molecule has 0 spiro atoms. The van der Waals surface area contributed by atoms with Gasteiger partial charge in [-0.3, -0.25) is 19.3 Å². The second-order valence-electron chi connectivity index (χ2n) is 8.27. The molecule has 4 aliphatic carbocycles. The minimum atomic E-state index is -1.02. The molecule has 0 unspecified atom stereocenters. The average molecular weight is 379 g/mol. The van der Waals surface area contributed by atoms with Crippen molar-refractivity contribution in [3.8, 4) is 0 Å². The van der Waals surface area contributed by atoms with Crippen LogP contribution in [-0.2, 0) is 19.1 Å². The molecule has 1 aliphatic heterocycles. The third-order valence-electron chi connectivity index (χ3n) is 6.87. The lowest BCUT2D eigenvalue weighted by Gasteiger charge is -2.37. The summed E-state index contributed by atoms with van der Waals surface area (Å²) in [6, 6.07) is 7.52. The summed E-state index contributed by atoms with van der Waals surface area (Å²) in [7, 11) is 0. The van der Waals surface area contributed by atoms with Crippen LogP contribution in [0, 0.1) is 35.5 Å². The molecular formula is C22H21NO5. The molecule has 0 N–H and O–H groups in total. The Balaban J connectivity index is 1.27. The van der Waals surface area contributed by atoms with Crippen LogP contribution in [-0.4, -0.2) is 41.1 Å². The molecule has 6 nitrogen and oxygen atoms in total. The summed E-state index contributed by atoms with van der Waals surface area (Å²) in [4.78, 5) is 51.7. The van der Waals surface area contributed by atoms with E-state index in [1.54, 1.807) is 30.3 Å². The van der Waals surface area contributed by atoms with E-state index in [0.29, 0.717) is 17.4 Å². The summed E-state index contributed by atoms with van der Waals surface area (Å²) in [5.74, 6) is -1.01. The van der Waals surface area contributed by atoms with Crippen molar-refractivity contribution in [3.63, 3.8) is 0 Å². The Labute approximate surface area is 162 Å². The number of esters is 1. The Morgan fingerprint density at radius 1 is 1.04 bits per heavy atom. The summed E-state index contributed by atoms with van der Waals surface area (Å²) < 4.78 is 5.13. The van der Waals surface area contributed by atoms with Crippen molar-refractivity contribution in [2.24, 2.45) is 35.5 Å². The number of nitrogens with zero attached hydrogens (tertiary/aromatic N) is 1. The van der Waals surface area contributed by atoms with Crippen LogP contribution in [0.25, 0.3) is 0 Å². The van der Waals surface area contributed by atoms with Crippen molar-refractivity contribution < 1.29 is 23.9 Å². The highest BCUT2D eigenvalue weighted by Gasteiger charge is 2.67. The average Bonchev–Trinajstić information content (AvgIpc) is 3.50. The van der Waals surface area contributed by atoms with E-state index in [2.05, 4.69) is 12.2 Å². The molecule has 28 heavy (non-hydrogen) atoms. The zero-order valence-electron chi connectivity index (χ0n) is 15.5. The van der Waals surface area contributed by atoms with E-state index >= 15 is 0 Å². The zero-order chi connectivity index (χ0) is 19.6. The summed E-state index contributed by atoms with van der Waals surface area (Å²) in [6.07, 6.45) is 5.28. The van der Waals surface area contributed by atoms with Gasteiger partial charge in [0.15, 0.2) is 12.4 Å². The van der Waals surface area contributed by atoms with Crippen molar-refractivity contribution in [2.75, 3.05) is 6.61 Å². The van der Waals surface area contributed by atoms with E-state index in [1.807, 2.05) is 0 Å². The number of imide groups is 1. The van der Waals surface area contributed by atoms with Crippen LogP contribution >= 0.6 is 0 Å². The number of carbonyl (C=O) groups is 4. The molecule has 1 aromatic carbocycles. The summed E-state index contributed by atoms with van der Waals surface area (Å²) in [5, 5.41) is 0. The molecule has 7 atom stereocenters. The predicted molar refractivity (Wildman–Crippen MR) is 97.7 cm³/mol. The zero-order valence-corrected chi connectivity index (χ0v) is 15.5. The van der Waals surface area contributed by atoms with Gasteiger partial charge in [0.2, 0.25) is 11.8 Å². The quantitative estimate of drug-likeness (QED) is 0.338. The summed E-state index contributed by atoms with van der Waals surface area (Å²) in [5.41, 5.74) is 0.448. The number of allylic oxidation sites excluding steroid dienone is 2. The van der Waals surface area contributed by atoms with Crippen LogP contribution in [0.15, 0.2) is 42.5 Å². The maximum atomic E-state index is 13.0. The molecule has 2 amide bonds. The Morgan fingerprint density at radius 3 is 2.18 bits per heavy atom. The molecule has 1 saturated heterocycles. The fourth-order valence-corrected chi connectivity index (χ4v) is 5.43. The van der Waals surface area contributed by atoms with Gasteiger partial charge >= 0.3 is 5.97 Å². The number of ether oxygens (including phenoxy) is 1. The van der Waals surface area contributed by atoms with Crippen molar-refractivity contribution in [1.82, 2.24) is 4.90 Å². The lowest BCUT2D eigenvalue weighted by Crippen LogP contribution is -2.45. The van der Waals surface area contributed by atoms with Gasteiger partial charge in [0.05, 0.1) is 11.8 Å². The van der Waals surface area contributed by atoms with Crippen molar-refractivity contribution in [1.29, 1.82) is 0 Å². The fourth-order valence-electron chi connectivity index (χ4n) is 5.43. The fraction of sp³-hybridized carbons (Fsp3) is 0.455. The SMILES string of the molecule is C[C@H](C(=O)OCC(=O)c1ccccc1)N1C(=O)[C@@H]2[C@H]3C=C[C@@H]([C@@H]4C[C@@H]34)[C@H]2C1=O. The number of benzene rings is 1. The highest BCUT2D eigenvalue weighted by atomic mass is 16.5. The van der Waals surface area contributed by atoms with Crippen LogP contribution in [0.1, 0.15) is 23.7 Å². The second-order valence-corrected chi connectivity index (χ2v) is 8.27. The van der Waals surface area contributed by atoms with E-state index in [1.165, 1.54) is 6.92 Å². The predicted octanol–water partition coefficient (Wildman–Crippen LogP) is 1.85. The lowest BCUT2D eigenvalue weighted by atomic mass is 9.63. The lowest BCUT2D eigenvalue weighted by molar-refractivity contribution is -0.157. The molecule has 0 radical (unpaired) electrons. The van der Waals surface area contributed by atoms with E-state index in [9.17, 15) is 19.2 Å².